The Hall–Kier alpha value is -4.44. The van der Waals surface area contributed by atoms with Crippen LogP contribution in [-0.2, 0) is 20.9 Å². The average Bonchev–Trinajstić information content (AvgIpc) is 3.31. The first-order valence-electron chi connectivity index (χ1n) is 10.4. The third kappa shape index (κ3) is 7.54. The van der Waals surface area contributed by atoms with Crippen molar-refractivity contribution in [1.29, 1.82) is 0 Å². The molecule has 0 aliphatic rings. The Balaban J connectivity index is 1.44. The van der Waals surface area contributed by atoms with Crippen molar-refractivity contribution in [2.75, 3.05) is 11.9 Å². The number of furan rings is 1. The fourth-order valence-electron chi connectivity index (χ4n) is 2.72. The molecule has 0 fully saturated rings. The smallest absolute Gasteiger partial charge is 0.338 e. The minimum Gasteiger partial charge on any atom is -0.462 e. The van der Waals surface area contributed by atoms with Gasteiger partial charge in [-0.05, 0) is 67.6 Å². The number of nitrogens with one attached hydrogen (secondary N) is 3. The maximum Gasteiger partial charge on any atom is 0.338 e. The molecule has 0 spiro atoms. The number of halogens is 1. The van der Waals surface area contributed by atoms with Crippen molar-refractivity contribution < 1.29 is 28.3 Å². The van der Waals surface area contributed by atoms with Gasteiger partial charge in [0.15, 0.2) is 0 Å². The average molecular weight is 497 g/mol. The minimum absolute atomic E-state index is 0.0426. The van der Waals surface area contributed by atoms with Gasteiger partial charge < -0.3 is 19.8 Å². The van der Waals surface area contributed by atoms with E-state index in [4.69, 9.17) is 20.8 Å². The molecule has 3 N–H and O–H groups in total. The van der Waals surface area contributed by atoms with Gasteiger partial charge in [0.1, 0.15) is 11.5 Å². The highest BCUT2D eigenvalue weighted by atomic mass is 35.5. The lowest BCUT2D eigenvalue weighted by Crippen LogP contribution is -2.34. The van der Waals surface area contributed by atoms with E-state index in [2.05, 4.69) is 21.2 Å². The summed E-state index contributed by atoms with van der Waals surface area (Å²) in [5.41, 5.74) is 3.42. The van der Waals surface area contributed by atoms with Crippen LogP contribution in [0.25, 0.3) is 0 Å². The largest absolute Gasteiger partial charge is 0.462 e. The molecule has 0 saturated heterocycles. The molecule has 0 saturated carbocycles. The van der Waals surface area contributed by atoms with E-state index in [0.29, 0.717) is 33.4 Å². The molecule has 3 aromatic rings. The first-order valence-corrected chi connectivity index (χ1v) is 10.8. The predicted molar refractivity (Wildman–Crippen MR) is 128 cm³/mol. The monoisotopic (exact) mass is 496 g/mol. The van der Waals surface area contributed by atoms with Gasteiger partial charge in [-0.25, -0.2) is 10.2 Å². The molecule has 35 heavy (non-hydrogen) atoms. The van der Waals surface area contributed by atoms with E-state index in [9.17, 15) is 19.2 Å². The van der Waals surface area contributed by atoms with E-state index in [0.717, 1.165) is 0 Å². The number of esters is 1. The second kappa shape index (κ2) is 12.1. The standard InChI is InChI=1S/C24H21ClN4O6/c1-2-34-24(33)16-5-9-18(10-6-16)28-23(32)22(31)26-13-19-11-12-20(35-19)14-27-29-21(30)15-3-7-17(25)8-4-15/h3-12,14H,2,13H2,1H3,(H,26,31)(H,28,32)(H,29,30)/b27-14-. The summed E-state index contributed by atoms with van der Waals surface area (Å²) in [6.45, 7) is 1.91. The second-order valence-electron chi connectivity index (χ2n) is 6.94. The quantitative estimate of drug-likeness (QED) is 0.189. The van der Waals surface area contributed by atoms with Crippen molar-refractivity contribution in [3.05, 3.63) is 88.3 Å². The minimum atomic E-state index is -0.882. The zero-order chi connectivity index (χ0) is 25.2. The van der Waals surface area contributed by atoms with E-state index < -0.39 is 23.7 Å². The van der Waals surface area contributed by atoms with Crippen LogP contribution in [0.15, 0.2) is 70.2 Å². The van der Waals surface area contributed by atoms with Gasteiger partial charge in [0.25, 0.3) is 5.91 Å². The Labute approximate surface area is 205 Å². The first-order chi connectivity index (χ1) is 16.9. The number of carbonyl (C=O) groups excluding carboxylic acids is 4. The topological polar surface area (TPSA) is 139 Å². The zero-order valence-corrected chi connectivity index (χ0v) is 19.3. The highest BCUT2D eigenvalue weighted by Gasteiger charge is 2.15. The van der Waals surface area contributed by atoms with Crippen molar-refractivity contribution in [3.8, 4) is 0 Å². The molecule has 0 aliphatic carbocycles. The Kier molecular flexibility index (Phi) is 8.74. The number of benzene rings is 2. The highest BCUT2D eigenvalue weighted by molar-refractivity contribution is 6.39. The van der Waals surface area contributed by atoms with Crippen LogP contribution in [0.2, 0.25) is 5.02 Å². The van der Waals surface area contributed by atoms with Crippen LogP contribution in [0, 0.1) is 0 Å². The number of nitrogens with zero attached hydrogens (tertiary/aromatic N) is 1. The molecule has 2 aromatic carbocycles. The van der Waals surface area contributed by atoms with E-state index in [-0.39, 0.29) is 13.2 Å². The maximum absolute atomic E-state index is 12.1. The van der Waals surface area contributed by atoms with Gasteiger partial charge >= 0.3 is 17.8 Å². The second-order valence-corrected chi connectivity index (χ2v) is 7.38. The third-order valence-corrected chi connectivity index (χ3v) is 4.68. The third-order valence-electron chi connectivity index (χ3n) is 4.43. The molecule has 0 radical (unpaired) electrons. The van der Waals surface area contributed by atoms with Gasteiger partial charge in [-0.3, -0.25) is 14.4 Å². The number of rotatable bonds is 8. The van der Waals surface area contributed by atoms with Crippen LogP contribution >= 0.6 is 11.6 Å². The summed E-state index contributed by atoms with van der Waals surface area (Å²) in [7, 11) is 0. The summed E-state index contributed by atoms with van der Waals surface area (Å²) in [4.78, 5) is 47.8. The van der Waals surface area contributed by atoms with Crippen LogP contribution in [0.1, 0.15) is 39.2 Å². The van der Waals surface area contributed by atoms with Gasteiger partial charge in [0, 0.05) is 16.3 Å². The molecule has 10 nitrogen and oxygen atoms in total. The number of hydrazone groups is 1. The predicted octanol–water partition coefficient (Wildman–Crippen LogP) is 3.13. The highest BCUT2D eigenvalue weighted by Crippen LogP contribution is 2.11. The number of hydrogen-bond donors (Lipinski definition) is 3. The van der Waals surface area contributed by atoms with Gasteiger partial charge in [-0.2, -0.15) is 5.10 Å². The molecule has 3 rings (SSSR count). The van der Waals surface area contributed by atoms with Crippen LogP contribution < -0.4 is 16.1 Å². The summed E-state index contributed by atoms with van der Waals surface area (Å²) >= 11 is 5.79. The molecule has 0 bridgehead atoms. The number of ether oxygens (including phenoxy) is 1. The molecule has 0 unspecified atom stereocenters. The lowest BCUT2D eigenvalue weighted by Gasteiger charge is -2.06. The van der Waals surface area contributed by atoms with Gasteiger partial charge in [-0.1, -0.05) is 11.6 Å². The fourth-order valence-corrected chi connectivity index (χ4v) is 2.84. The zero-order valence-electron chi connectivity index (χ0n) is 18.5. The summed E-state index contributed by atoms with van der Waals surface area (Å²) in [5, 5.41) is 9.20. The van der Waals surface area contributed by atoms with Crippen LogP contribution in [0.4, 0.5) is 5.69 Å². The van der Waals surface area contributed by atoms with Crippen molar-refractivity contribution in [2.24, 2.45) is 5.10 Å². The van der Waals surface area contributed by atoms with E-state index in [1.54, 1.807) is 43.3 Å². The van der Waals surface area contributed by atoms with Crippen molar-refractivity contribution in [1.82, 2.24) is 10.7 Å². The van der Waals surface area contributed by atoms with Crippen molar-refractivity contribution in [2.45, 2.75) is 13.5 Å². The maximum atomic E-state index is 12.1. The van der Waals surface area contributed by atoms with Crippen molar-refractivity contribution in [3.63, 3.8) is 0 Å². The van der Waals surface area contributed by atoms with Gasteiger partial charge in [0.05, 0.1) is 24.9 Å². The normalized spacial score (nSPS) is 10.6. The van der Waals surface area contributed by atoms with Gasteiger partial charge in [-0.15, -0.1) is 0 Å². The molecule has 0 aliphatic heterocycles. The van der Waals surface area contributed by atoms with Crippen LogP contribution in [0.5, 0.6) is 0 Å². The summed E-state index contributed by atoms with van der Waals surface area (Å²) < 4.78 is 10.4. The molecule has 1 aromatic heterocycles. The molecule has 1 heterocycles. The van der Waals surface area contributed by atoms with E-state index in [1.165, 1.54) is 30.5 Å². The molecular weight excluding hydrogens is 476 g/mol. The SMILES string of the molecule is CCOC(=O)c1ccc(NC(=O)C(=O)NCc2ccc(/C=N\NC(=O)c3ccc(Cl)cc3)o2)cc1. The van der Waals surface area contributed by atoms with E-state index in [1.807, 2.05) is 0 Å². The Morgan fingerprint density at radius 3 is 2.31 bits per heavy atom. The summed E-state index contributed by atoms with van der Waals surface area (Å²) in [6.07, 6.45) is 1.30. The lowest BCUT2D eigenvalue weighted by molar-refractivity contribution is -0.136. The van der Waals surface area contributed by atoms with E-state index >= 15 is 0 Å². The lowest BCUT2D eigenvalue weighted by atomic mass is 10.2. The molecule has 11 heteroatoms. The Morgan fingerprint density at radius 2 is 1.63 bits per heavy atom. The number of anilines is 1. The number of amides is 3. The summed E-state index contributed by atoms with van der Waals surface area (Å²) in [5.74, 6) is -1.95. The van der Waals surface area contributed by atoms with Gasteiger partial charge in [0.2, 0.25) is 0 Å². The fraction of sp³-hybridized carbons (Fsp3) is 0.125. The molecule has 3 amide bonds. The first kappa shape index (κ1) is 25.2. The molecule has 0 atom stereocenters. The van der Waals surface area contributed by atoms with Crippen molar-refractivity contribution >= 4 is 47.2 Å². The van der Waals surface area contributed by atoms with Crippen LogP contribution in [-0.4, -0.2) is 36.5 Å². The van der Waals surface area contributed by atoms with Crippen LogP contribution in [0.3, 0.4) is 0 Å². The summed E-state index contributed by atoms with van der Waals surface area (Å²) in [6, 6.07) is 15.4. The Morgan fingerprint density at radius 1 is 0.943 bits per heavy atom. The number of carbonyl (C=O) groups is 4. The Bertz CT molecular complexity index is 1240. The number of hydrogen-bond acceptors (Lipinski definition) is 7. The molecular formula is C24H21ClN4O6. The molecule has 180 valence electrons.